The van der Waals surface area contributed by atoms with Crippen LogP contribution in [0.3, 0.4) is 0 Å². The normalized spacial score (nSPS) is 16.0. The van der Waals surface area contributed by atoms with E-state index in [0.717, 1.165) is 18.4 Å². The highest BCUT2D eigenvalue weighted by Crippen LogP contribution is 2.38. The average Bonchev–Trinajstić information content (AvgIpc) is 3.34. The first-order valence-electron chi connectivity index (χ1n) is 10.4. The van der Waals surface area contributed by atoms with E-state index in [1.165, 1.54) is 0 Å². The molecule has 168 valence electrons. The molecule has 0 spiro atoms. The minimum atomic E-state index is 0.0221. The molecule has 2 aromatic heterocycles. The molecule has 1 fully saturated rings. The van der Waals surface area contributed by atoms with Crippen molar-refractivity contribution in [2.24, 2.45) is 0 Å². The summed E-state index contributed by atoms with van der Waals surface area (Å²) in [5.74, 6) is 2.61. The van der Waals surface area contributed by atoms with E-state index in [4.69, 9.17) is 18.7 Å². The Morgan fingerprint density at radius 3 is 2.59 bits per heavy atom. The molecule has 1 aliphatic heterocycles. The first-order valence-corrected chi connectivity index (χ1v) is 10.4. The van der Waals surface area contributed by atoms with Crippen molar-refractivity contribution in [2.45, 2.75) is 25.2 Å². The van der Waals surface area contributed by atoms with E-state index in [1.807, 2.05) is 23.1 Å². The molecule has 4 rings (SSSR count). The van der Waals surface area contributed by atoms with Gasteiger partial charge in [0.1, 0.15) is 5.69 Å². The van der Waals surface area contributed by atoms with Crippen molar-refractivity contribution in [3.05, 3.63) is 47.9 Å². The summed E-state index contributed by atoms with van der Waals surface area (Å²) >= 11 is 0. The summed E-state index contributed by atoms with van der Waals surface area (Å²) in [7, 11) is 4.67. The lowest BCUT2D eigenvalue weighted by Gasteiger charge is -2.31. The van der Waals surface area contributed by atoms with Gasteiger partial charge in [0.15, 0.2) is 17.3 Å². The first-order chi connectivity index (χ1) is 15.6. The van der Waals surface area contributed by atoms with E-state index in [2.05, 4.69) is 15.1 Å². The molecule has 1 aliphatic rings. The Bertz CT molecular complexity index is 1040. The van der Waals surface area contributed by atoms with Gasteiger partial charge in [0.2, 0.25) is 11.7 Å². The molecule has 1 amide bonds. The van der Waals surface area contributed by atoms with Crippen LogP contribution in [0.15, 0.2) is 41.1 Å². The van der Waals surface area contributed by atoms with E-state index in [-0.39, 0.29) is 18.2 Å². The summed E-state index contributed by atoms with van der Waals surface area (Å²) in [6.07, 6.45) is 3.69. The lowest BCUT2D eigenvalue weighted by Crippen LogP contribution is -2.40. The number of rotatable bonds is 7. The largest absolute Gasteiger partial charge is 0.493 e. The Morgan fingerprint density at radius 1 is 1.16 bits per heavy atom. The number of piperidine rings is 1. The van der Waals surface area contributed by atoms with Gasteiger partial charge in [0, 0.05) is 25.2 Å². The summed E-state index contributed by atoms with van der Waals surface area (Å²) in [5, 5.41) is 4.15. The number of carbonyl (C=O) groups is 1. The fraction of sp³-hybridized carbons (Fsp3) is 0.391. The van der Waals surface area contributed by atoms with Crippen LogP contribution in [0, 0.1) is 0 Å². The van der Waals surface area contributed by atoms with Crippen LogP contribution in [0.2, 0.25) is 0 Å². The van der Waals surface area contributed by atoms with Crippen molar-refractivity contribution in [3.63, 3.8) is 0 Å². The number of nitrogens with zero attached hydrogens (tertiary/aromatic N) is 4. The smallest absolute Gasteiger partial charge is 0.276 e. The lowest BCUT2D eigenvalue weighted by atomic mass is 9.96. The Morgan fingerprint density at radius 2 is 1.94 bits per heavy atom. The number of benzene rings is 1. The maximum absolute atomic E-state index is 13.1. The Kier molecular flexibility index (Phi) is 6.53. The van der Waals surface area contributed by atoms with Crippen LogP contribution in [0.4, 0.5) is 0 Å². The van der Waals surface area contributed by atoms with Gasteiger partial charge in [-0.15, -0.1) is 0 Å². The van der Waals surface area contributed by atoms with Gasteiger partial charge in [-0.25, -0.2) is 0 Å². The van der Waals surface area contributed by atoms with Crippen molar-refractivity contribution in [1.82, 2.24) is 20.0 Å². The summed E-state index contributed by atoms with van der Waals surface area (Å²) in [6.45, 7) is 1.25. The highest BCUT2D eigenvalue weighted by atomic mass is 16.5. The zero-order valence-corrected chi connectivity index (χ0v) is 18.4. The molecule has 3 aromatic rings. The zero-order valence-electron chi connectivity index (χ0n) is 18.4. The number of hydrogen-bond donors (Lipinski definition) is 0. The number of pyridine rings is 1. The number of methoxy groups -OCH3 is 3. The van der Waals surface area contributed by atoms with E-state index in [1.54, 1.807) is 39.7 Å². The van der Waals surface area contributed by atoms with Crippen LogP contribution in [0.25, 0.3) is 11.6 Å². The molecule has 0 unspecified atom stereocenters. The van der Waals surface area contributed by atoms with Gasteiger partial charge in [-0.05, 0) is 42.7 Å². The minimum Gasteiger partial charge on any atom is -0.493 e. The quantitative estimate of drug-likeness (QED) is 0.555. The fourth-order valence-corrected chi connectivity index (χ4v) is 3.93. The second kappa shape index (κ2) is 9.67. The Balaban J connectivity index is 1.46. The number of aromatic nitrogens is 3. The van der Waals surface area contributed by atoms with Crippen LogP contribution >= 0.6 is 0 Å². The number of hydrogen-bond acceptors (Lipinski definition) is 8. The van der Waals surface area contributed by atoms with Crippen LogP contribution in [0.1, 0.15) is 30.1 Å². The van der Waals surface area contributed by atoms with E-state index in [0.29, 0.717) is 47.7 Å². The molecule has 0 aliphatic carbocycles. The first kappa shape index (κ1) is 21.6. The third kappa shape index (κ3) is 4.51. The highest BCUT2D eigenvalue weighted by Gasteiger charge is 2.28. The molecule has 3 heterocycles. The van der Waals surface area contributed by atoms with Gasteiger partial charge in [-0.1, -0.05) is 11.2 Å². The van der Waals surface area contributed by atoms with Gasteiger partial charge in [0.25, 0.3) is 5.89 Å². The highest BCUT2D eigenvalue weighted by molar-refractivity contribution is 5.79. The number of amides is 1. The van der Waals surface area contributed by atoms with Gasteiger partial charge in [-0.2, -0.15) is 4.98 Å². The third-order valence-corrected chi connectivity index (χ3v) is 5.54. The summed E-state index contributed by atoms with van der Waals surface area (Å²) in [5.41, 5.74) is 1.43. The topological polar surface area (TPSA) is 99.8 Å². The summed E-state index contributed by atoms with van der Waals surface area (Å²) in [6, 6.07) is 9.14. The van der Waals surface area contributed by atoms with E-state index in [9.17, 15) is 4.79 Å². The SMILES string of the molecule is COc1cc(CC(=O)N2CCC[C@@H](c3noc(-c4ccccn4)n3)C2)cc(OC)c1OC. The predicted octanol–water partition coefficient (Wildman–Crippen LogP) is 3.11. The van der Waals surface area contributed by atoms with Gasteiger partial charge >= 0.3 is 0 Å². The molecular weight excluding hydrogens is 412 g/mol. The molecule has 0 radical (unpaired) electrons. The molecule has 9 nitrogen and oxygen atoms in total. The number of likely N-dealkylation sites (tertiary alicyclic amines) is 1. The van der Waals surface area contributed by atoms with Gasteiger partial charge < -0.3 is 23.6 Å². The monoisotopic (exact) mass is 438 g/mol. The van der Waals surface area contributed by atoms with Crippen LogP contribution in [0.5, 0.6) is 17.2 Å². The second-order valence-electron chi connectivity index (χ2n) is 7.56. The van der Waals surface area contributed by atoms with Crippen molar-refractivity contribution in [3.8, 4) is 28.8 Å². The maximum Gasteiger partial charge on any atom is 0.276 e. The Hall–Kier alpha value is -3.62. The van der Waals surface area contributed by atoms with Crippen molar-refractivity contribution in [1.29, 1.82) is 0 Å². The molecule has 1 saturated heterocycles. The van der Waals surface area contributed by atoms with Crippen molar-refractivity contribution < 1.29 is 23.5 Å². The van der Waals surface area contributed by atoms with Gasteiger partial charge in [0.05, 0.1) is 27.8 Å². The van der Waals surface area contributed by atoms with Crippen LogP contribution in [-0.2, 0) is 11.2 Å². The molecule has 1 aromatic carbocycles. The molecule has 9 heteroatoms. The average molecular weight is 438 g/mol. The molecule has 0 N–H and O–H groups in total. The number of carbonyl (C=O) groups excluding carboxylic acids is 1. The van der Waals surface area contributed by atoms with E-state index < -0.39 is 0 Å². The fourth-order valence-electron chi connectivity index (χ4n) is 3.93. The number of ether oxygens (including phenoxy) is 3. The van der Waals surface area contributed by atoms with E-state index >= 15 is 0 Å². The standard InChI is InChI=1S/C23H26N4O5/c1-29-18-11-15(12-19(30-2)21(18)31-3)13-20(28)27-10-6-7-16(14-27)22-25-23(32-26-22)17-8-4-5-9-24-17/h4-5,8-9,11-12,16H,6-7,10,13-14H2,1-3H3/t16-/m1/s1. The molecule has 1 atom stereocenters. The predicted molar refractivity (Wildman–Crippen MR) is 116 cm³/mol. The maximum atomic E-state index is 13.1. The third-order valence-electron chi connectivity index (χ3n) is 5.54. The summed E-state index contributed by atoms with van der Waals surface area (Å²) < 4.78 is 21.6. The van der Waals surface area contributed by atoms with Gasteiger partial charge in [-0.3, -0.25) is 9.78 Å². The zero-order chi connectivity index (χ0) is 22.5. The molecule has 32 heavy (non-hydrogen) atoms. The second-order valence-corrected chi connectivity index (χ2v) is 7.56. The molecule has 0 bridgehead atoms. The Labute approximate surface area is 186 Å². The molecule has 0 saturated carbocycles. The minimum absolute atomic E-state index is 0.0221. The van der Waals surface area contributed by atoms with Crippen LogP contribution in [-0.4, -0.2) is 60.4 Å². The summed E-state index contributed by atoms with van der Waals surface area (Å²) in [4.78, 5) is 23.7. The lowest BCUT2D eigenvalue weighted by molar-refractivity contribution is -0.131. The van der Waals surface area contributed by atoms with Crippen molar-refractivity contribution in [2.75, 3.05) is 34.4 Å². The molecular formula is C23H26N4O5. The van der Waals surface area contributed by atoms with Crippen LogP contribution < -0.4 is 14.2 Å². The van der Waals surface area contributed by atoms with Crippen molar-refractivity contribution >= 4 is 5.91 Å².